The topological polar surface area (TPSA) is 95.9 Å². The van der Waals surface area contributed by atoms with E-state index in [1.807, 2.05) is 81.4 Å². The van der Waals surface area contributed by atoms with E-state index in [9.17, 15) is 19.8 Å². The first-order valence-electron chi connectivity index (χ1n) is 13.7. The molecule has 2 atom stereocenters. The van der Waals surface area contributed by atoms with E-state index in [1.165, 1.54) is 0 Å². The van der Waals surface area contributed by atoms with E-state index in [-0.39, 0.29) is 18.6 Å². The van der Waals surface area contributed by atoms with Gasteiger partial charge >= 0.3 is 6.09 Å². The number of hydrogen-bond donors (Lipinski definition) is 3. The summed E-state index contributed by atoms with van der Waals surface area (Å²) in [7, 11) is 0. The molecule has 41 heavy (non-hydrogen) atoms. The van der Waals surface area contributed by atoms with Crippen molar-refractivity contribution in [1.29, 1.82) is 0 Å². The highest BCUT2D eigenvalue weighted by molar-refractivity contribution is 6.30. The smallest absolute Gasteiger partial charge is 0.408 e. The number of rotatable bonds is 8. The van der Waals surface area contributed by atoms with Crippen LogP contribution in [0.2, 0.25) is 5.02 Å². The lowest BCUT2D eigenvalue weighted by Crippen LogP contribution is -2.44. The number of carbonyl (C=O) groups excluding carboxylic acids is 2. The van der Waals surface area contributed by atoms with Crippen LogP contribution in [-0.2, 0) is 4.74 Å². The standard InChI is InChI=1S/C18H18O2.C15H20ClNO3.CH4/c19-16(14-7-3-1-4-8-14)13-18(11-12-18)17(20)15-9-5-2-6-10-15;1-14(2,3)20-13(19)17-15(8-9-15)12(18)10-4-6-11(16)7-5-10;/h1-10,17,20H,11-13H2;4-7,12,18H,8-9H2,1-3H3,(H,17,19);1H4. The van der Waals surface area contributed by atoms with Gasteiger partial charge in [-0.1, -0.05) is 91.8 Å². The number of ether oxygens (including phenoxy) is 1. The fourth-order valence-electron chi connectivity index (χ4n) is 4.81. The average molecular weight is 580 g/mol. The third-order valence-corrected chi connectivity index (χ3v) is 7.70. The summed E-state index contributed by atoms with van der Waals surface area (Å²) in [6.45, 7) is 5.42. The van der Waals surface area contributed by atoms with Crippen molar-refractivity contribution in [3.05, 3.63) is 107 Å². The maximum Gasteiger partial charge on any atom is 0.408 e. The molecule has 220 valence electrons. The van der Waals surface area contributed by atoms with Gasteiger partial charge < -0.3 is 20.3 Å². The van der Waals surface area contributed by atoms with Crippen molar-refractivity contribution in [3.8, 4) is 0 Å². The Morgan fingerprint density at radius 3 is 1.83 bits per heavy atom. The largest absolute Gasteiger partial charge is 0.444 e. The van der Waals surface area contributed by atoms with Crippen LogP contribution in [-0.4, -0.2) is 33.2 Å². The van der Waals surface area contributed by atoms with Crippen LogP contribution in [0, 0.1) is 5.41 Å². The van der Waals surface area contributed by atoms with Crippen molar-refractivity contribution in [1.82, 2.24) is 5.32 Å². The van der Waals surface area contributed by atoms with Crippen LogP contribution in [0.25, 0.3) is 0 Å². The predicted molar refractivity (Wildman–Crippen MR) is 163 cm³/mol. The molecule has 5 rings (SSSR count). The van der Waals surface area contributed by atoms with Gasteiger partial charge in [0, 0.05) is 22.4 Å². The van der Waals surface area contributed by atoms with Gasteiger partial charge in [0.25, 0.3) is 0 Å². The molecule has 0 aromatic heterocycles. The Morgan fingerprint density at radius 1 is 0.829 bits per heavy atom. The Bertz CT molecular complexity index is 1280. The number of aliphatic hydroxyl groups is 2. The molecule has 1 amide bonds. The number of aliphatic hydroxyl groups excluding tert-OH is 2. The highest BCUT2D eigenvalue weighted by atomic mass is 35.5. The van der Waals surface area contributed by atoms with Gasteiger partial charge in [-0.3, -0.25) is 4.79 Å². The van der Waals surface area contributed by atoms with Crippen molar-refractivity contribution in [2.24, 2.45) is 5.41 Å². The summed E-state index contributed by atoms with van der Waals surface area (Å²) >= 11 is 5.83. The van der Waals surface area contributed by atoms with Gasteiger partial charge in [-0.15, -0.1) is 0 Å². The van der Waals surface area contributed by atoms with Gasteiger partial charge in [0.05, 0.1) is 11.6 Å². The summed E-state index contributed by atoms with van der Waals surface area (Å²) < 4.78 is 5.24. The molecule has 0 aliphatic heterocycles. The van der Waals surface area contributed by atoms with E-state index in [1.54, 1.807) is 24.3 Å². The minimum absolute atomic E-state index is 0. The van der Waals surface area contributed by atoms with Gasteiger partial charge in [-0.05, 0) is 69.7 Å². The van der Waals surface area contributed by atoms with E-state index in [0.717, 1.165) is 42.4 Å². The second-order valence-electron chi connectivity index (χ2n) is 11.9. The Morgan fingerprint density at radius 2 is 1.34 bits per heavy atom. The Kier molecular flexibility index (Phi) is 10.4. The molecule has 3 aromatic carbocycles. The molecule has 0 heterocycles. The summed E-state index contributed by atoms with van der Waals surface area (Å²) in [5.74, 6) is 0.123. The first-order chi connectivity index (χ1) is 18.9. The summed E-state index contributed by atoms with van der Waals surface area (Å²) in [6, 6.07) is 26.0. The SMILES string of the molecule is C.CC(C)(C)OC(=O)NC1(C(O)c2ccc(Cl)cc2)CC1.O=C(CC1(C(O)c2ccccc2)CC1)c1ccccc1. The molecule has 3 aromatic rings. The van der Waals surface area contributed by atoms with Gasteiger partial charge in [-0.2, -0.15) is 0 Å². The number of nitrogens with one attached hydrogen (secondary N) is 1. The molecule has 2 saturated carbocycles. The second kappa shape index (κ2) is 13.2. The van der Waals surface area contributed by atoms with Crippen LogP contribution in [0.4, 0.5) is 4.79 Å². The molecular weight excluding hydrogens is 538 g/mol. The van der Waals surface area contributed by atoms with E-state index in [2.05, 4.69) is 5.32 Å². The third kappa shape index (κ3) is 8.65. The van der Waals surface area contributed by atoms with Crippen LogP contribution in [0.5, 0.6) is 0 Å². The van der Waals surface area contributed by atoms with Gasteiger partial charge in [0.15, 0.2) is 5.78 Å². The van der Waals surface area contributed by atoms with Gasteiger partial charge in [-0.25, -0.2) is 4.79 Å². The first-order valence-corrected chi connectivity index (χ1v) is 14.1. The van der Waals surface area contributed by atoms with Gasteiger partial charge in [0.2, 0.25) is 0 Å². The van der Waals surface area contributed by atoms with Crippen LogP contribution in [0.1, 0.15) is 94.0 Å². The van der Waals surface area contributed by atoms with Crippen molar-refractivity contribution in [2.45, 2.75) is 83.6 Å². The van der Waals surface area contributed by atoms with Crippen molar-refractivity contribution >= 4 is 23.5 Å². The van der Waals surface area contributed by atoms with E-state index in [4.69, 9.17) is 16.3 Å². The maximum atomic E-state index is 12.3. The zero-order chi connectivity index (χ0) is 29.0. The van der Waals surface area contributed by atoms with E-state index < -0.39 is 29.4 Å². The zero-order valence-corrected chi connectivity index (χ0v) is 24.0. The monoisotopic (exact) mass is 579 g/mol. The maximum absolute atomic E-state index is 12.3. The summed E-state index contributed by atoms with van der Waals surface area (Å²) in [6.07, 6.45) is 1.93. The normalized spacial score (nSPS) is 17.4. The summed E-state index contributed by atoms with van der Waals surface area (Å²) in [5.41, 5.74) is 0.961. The number of Topliss-reactive ketones (excluding diaryl/α,β-unsaturated/α-hetero) is 1. The fraction of sp³-hybridized carbons (Fsp3) is 0.412. The first kappa shape index (κ1) is 32.3. The molecule has 0 saturated heterocycles. The van der Waals surface area contributed by atoms with Crippen LogP contribution in [0.3, 0.4) is 0 Å². The molecule has 2 aliphatic rings. The van der Waals surface area contributed by atoms with Crippen LogP contribution in [0.15, 0.2) is 84.9 Å². The lowest BCUT2D eigenvalue weighted by Gasteiger charge is -2.26. The minimum Gasteiger partial charge on any atom is -0.444 e. The lowest BCUT2D eigenvalue weighted by atomic mass is 9.86. The number of carbonyl (C=O) groups is 2. The number of amides is 1. The van der Waals surface area contributed by atoms with Crippen molar-refractivity contribution in [2.75, 3.05) is 0 Å². The molecule has 0 radical (unpaired) electrons. The molecule has 2 aliphatic carbocycles. The van der Waals surface area contributed by atoms with Crippen LogP contribution < -0.4 is 5.32 Å². The summed E-state index contributed by atoms with van der Waals surface area (Å²) in [5, 5.41) is 24.4. The van der Waals surface area contributed by atoms with E-state index in [0.29, 0.717) is 11.4 Å². The Labute approximate surface area is 248 Å². The minimum atomic E-state index is -0.757. The lowest BCUT2D eigenvalue weighted by molar-refractivity contribution is 0.0393. The number of hydrogen-bond acceptors (Lipinski definition) is 5. The molecule has 0 spiro atoms. The molecule has 3 N–H and O–H groups in total. The Balaban J connectivity index is 0.000000220. The second-order valence-corrected chi connectivity index (χ2v) is 12.3. The number of halogens is 1. The predicted octanol–water partition coefficient (Wildman–Crippen LogP) is 7.84. The third-order valence-electron chi connectivity index (χ3n) is 7.44. The van der Waals surface area contributed by atoms with Crippen LogP contribution >= 0.6 is 11.6 Å². The van der Waals surface area contributed by atoms with Crippen molar-refractivity contribution in [3.63, 3.8) is 0 Å². The molecule has 0 bridgehead atoms. The van der Waals surface area contributed by atoms with Crippen molar-refractivity contribution < 1.29 is 24.5 Å². The number of alkyl carbamates (subject to hydrolysis) is 1. The number of benzene rings is 3. The highest BCUT2D eigenvalue weighted by Crippen LogP contribution is 2.58. The zero-order valence-electron chi connectivity index (χ0n) is 23.3. The highest BCUT2D eigenvalue weighted by Gasteiger charge is 2.52. The average Bonchev–Trinajstić information content (AvgIpc) is 3.86. The Hall–Kier alpha value is -3.19. The van der Waals surface area contributed by atoms with E-state index >= 15 is 0 Å². The molecule has 2 fully saturated rings. The molecule has 6 nitrogen and oxygen atoms in total. The quantitative estimate of drug-likeness (QED) is 0.236. The molecule has 2 unspecified atom stereocenters. The fourth-order valence-corrected chi connectivity index (χ4v) is 4.94. The summed E-state index contributed by atoms with van der Waals surface area (Å²) in [4.78, 5) is 24.2. The molecule has 7 heteroatoms. The van der Waals surface area contributed by atoms with Gasteiger partial charge in [0.1, 0.15) is 11.7 Å². The number of ketones is 1. The molecular formula is C34H42ClNO5.